The van der Waals surface area contributed by atoms with Gasteiger partial charge in [0.05, 0.1) is 5.69 Å². The average Bonchev–Trinajstić information content (AvgIpc) is 2.47. The first-order valence-corrected chi connectivity index (χ1v) is 6.71. The van der Waals surface area contributed by atoms with Crippen molar-refractivity contribution in [3.63, 3.8) is 0 Å². The second-order valence-corrected chi connectivity index (χ2v) is 4.72. The molecule has 3 heteroatoms. The van der Waals surface area contributed by atoms with Gasteiger partial charge in [-0.1, -0.05) is 42.5 Å². The van der Waals surface area contributed by atoms with Crippen molar-refractivity contribution in [2.75, 3.05) is 6.61 Å². The number of ether oxygens (including phenoxy) is 1. The molecule has 0 aliphatic heterocycles. The predicted octanol–water partition coefficient (Wildman–Crippen LogP) is 4.96. The second kappa shape index (κ2) is 6.92. The van der Waals surface area contributed by atoms with E-state index in [2.05, 4.69) is 11.6 Å². The first kappa shape index (κ1) is 14.4. The van der Waals surface area contributed by atoms with E-state index in [0.29, 0.717) is 6.61 Å². The topological polar surface area (TPSA) is 21.6 Å². The summed E-state index contributed by atoms with van der Waals surface area (Å²) in [6, 6.07) is 13.5. The van der Waals surface area contributed by atoms with E-state index < -0.39 is 0 Å². The molecule has 0 spiro atoms. The Kier molecular flexibility index (Phi) is 4.97. The number of halogens is 1. The van der Waals surface area contributed by atoms with Crippen LogP contribution < -0.4 is 4.74 Å². The van der Waals surface area contributed by atoms with Gasteiger partial charge in [0, 0.05) is 11.2 Å². The third kappa shape index (κ3) is 3.72. The van der Waals surface area contributed by atoms with E-state index in [4.69, 9.17) is 16.3 Å². The summed E-state index contributed by atoms with van der Waals surface area (Å²) in [6.07, 6.45) is 3.52. The van der Waals surface area contributed by atoms with Gasteiger partial charge >= 0.3 is 0 Å². The monoisotopic (exact) mass is 285 g/mol. The molecule has 0 bridgehead atoms. The van der Waals surface area contributed by atoms with Crippen LogP contribution in [-0.2, 0) is 0 Å². The SMILES string of the molecule is C=CCOc1cccc(C=Nc2cccc(Cl)c2C)c1. The number of aliphatic imine (C=N–C) groups is 1. The molecule has 0 aromatic heterocycles. The van der Waals surface area contributed by atoms with Crippen LogP contribution in [0.3, 0.4) is 0 Å². The molecule has 2 rings (SSSR count). The van der Waals surface area contributed by atoms with E-state index >= 15 is 0 Å². The minimum absolute atomic E-state index is 0.494. The molecule has 0 saturated carbocycles. The first-order chi connectivity index (χ1) is 9.70. The second-order valence-electron chi connectivity index (χ2n) is 4.31. The highest BCUT2D eigenvalue weighted by Gasteiger charge is 1.99. The van der Waals surface area contributed by atoms with Crippen LogP contribution in [0.5, 0.6) is 5.75 Å². The van der Waals surface area contributed by atoms with Gasteiger partial charge in [0.25, 0.3) is 0 Å². The van der Waals surface area contributed by atoms with Crippen LogP contribution in [0, 0.1) is 6.92 Å². The summed E-state index contributed by atoms with van der Waals surface area (Å²) in [5, 5.41) is 0.725. The highest BCUT2D eigenvalue weighted by Crippen LogP contribution is 2.25. The molecule has 102 valence electrons. The third-order valence-corrected chi connectivity index (χ3v) is 3.23. The Morgan fingerprint density at radius 1 is 1.25 bits per heavy atom. The van der Waals surface area contributed by atoms with Crippen LogP contribution in [0.15, 0.2) is 60.1 Å². The lowest BCUT2D eigenvalue weighted by Gasteiger charge is -2.04. The predicted molar refractivity (Wildman–Crippen MR) is 85.6 cm³/mol. The number of rotatable bonds is 5. The smallest absolute Gasteiger partial charge is 0.120 e. The van der Waals surface area contributed by atoms with E-state index in [1.54, 1.807) is 12.3 Å². The summed E-state index contributed by atoms with van der Waals surface area (Å²) in [6.45, 7) is 6.08. The van der Waals surface area contributed by atoms with Gasteiger partial charge in [-0.2, -0.15) is 0 Å². The van der Waals surface area contributed by atoms with E-state index in [0.717, 1.165) is 27.6 Å². The number of hydrogen-bond donors (Lipinski definition) is 0. The molecule has 0 unspecified atom stereocenters. The van der Waals surface area contributed by atoms with Crippen molar-refractivity contribution in [1.29, 1.82) is 0 Å². The van der Waals surface area contributed by atoms with Gasteiger partial charge in [-0.15, -0.1) is 0 Å². The van der Waals surface area contributed by atoms with Gasteiger partial charge in [0.1, 0.15) is 12.4 Å². The minimum Gasteiger partial charge on any atom is -0.490 e. The van der Waals surface area contributed by atoms with Crippen molar-refractivity contribution in [3.8, 4) is 5.75 Å². The first-order valence-electron chi connectivity index (χ1n) is 6.33. The summed E-state index contributed by atoms with van der Waals surface area (Å²) < 4.78 is 5.49. The molecule has 2 nitrogen and oxygen atoms in total. The highest BCUT2D eigenvalue weighted by atomic mass is 35.5. The Bertz CT molecular complexity index is 635. The lowest BCUT2D eigenvalue weighted by atomic mass is 10.2. The lowest BCUT2D eigenvalue weighted by molar-refractivity contribution is 0.363. The van der Waals surface area contributed by atoms with Gasteiger partial charge in [0.2, 0.25) is 0 Å². The van der Waals surface area contributed by atoms with Gasteiger partial charge in [0.15, 0.2) is 0 Å². The Morgan fingerprint density at radius 3 is 2.85 bits per heavy atom. The molecule has 2 aromatic rings. The molecule has 0 saturated heterocycles. The Hall–Kier alpha value is -2.06. The fourth-order valence-corrected chi connectivity index (χ4v) is 1.89. The van der Waals surface area contributed by atoms with E-state index in [9.17, 15) is 0 Å². The lowest BCUT2D eigenvalue weighted by Crippen LogP contribution is -1.93. The summed E-state index contributed by atoms with van der Waals surface area (Å²) in [5.74, 6) is 0.802. The number of nitrogens with zero attached hydrogens (tertiary/aromatic N) is 1. The fourth-order valence-electron chi connectivity index (χ4n) is 1.72. The third-order valence-electron chi connectivity index (χ3n) is 2.82. The van der Waals surface area contributed by atoms with Gasteiger partial charge < -0.3 is 4.74 Å². The van der Waals surface area contributed by atoms with Crippen LogP contribution in [0.25, 0.3) is 0 Å². The van der Waals surface area contributed by atoms with Crippen molar-refractivity contribution < 1.29 is 4.74 Å². The zero-order valence-electron chi connectivity index (χ0n) is 11.3. The molecule has 0 fully saturated rings. The fraction of sp³-hybridized carbons (Fsp3) is 0.118. The molecule has 20 heavy (non-hydrogen) atoms. The number of benzene rings is 2. The quantitative estimate of drug-likeness (QED) is 0.562. The Labute approximate surface area is 124 Å². The summed E-state index contributed by atoms with van der Waals surface area (Å²) in [4.78, 5) is 4.47. The molecule has 0 amide bonds. The molecular formula is C17H16ClNO. The molecule has 0 aliphatic carbocycles. The average molecular weight is 286 g/mol. The maximum atomic E-state index is 6.07. The van der Waals surface area contributed by atoms with E-state index in [1.165, 1.54) is 0 Å². The van der Waals surface area contributed by atoms with E-state index in [-0.39, 0.29) is 0 Å². The van der Waals surface area contributed by atoms with Crippen molar-refractivity contribution in [2.45, 2.75) is 6.92 Å². The van der Waals surface area contributed by atoms with E-state index in [1.807, 2.05) is 49.4 Å². The molecule has 0 aliphatic rings. The standard InChI is InChI=1S/C17H16ClNO/c1-3-10-20-15-7-4-6-14(11-15)12-19-17-9-5-8-16(18)13(17)2/h3-9,11-12H,1,10H2,2H3. The molecule has 0 atom stereocenters. The van der Waals surface area contributed by atoms with Crippen molar-refractivity contribution in [2.24, 2.45) is 4.99 Å². The van der Waals surface area contributed by atoms with Gasteiger partial charge in [-0.25, -0.2) is 0 Å². The zero-order chi connectivity index (χ0) is 14.4. The van der Waals surface area contributed by atoms with Crippen LogP contribution in [0.4, 0.5) is 5.69 Å². The van der Waals surface area contributed by atoms with Crippen molar-refractivity contribution in [3.05, 3.63) is 71.3 Å². The largest absolute Gasteiger partial charge is 0.490 e. The summed E-state index contributed by atoms with van der Waals surface area (Å²) >= 11 is 6.07. The molecule has 0 radical (unpaired) electrons. The highest BCUT2D eigenvalue weighted by molar-refractivity contribution is 6.31. The van der Waals surface area contributed by atoms with Crippen molar-refractivity contribution in [1.82, 2.24) is 0 Å². The maximum absolute atomic E-state index is 6.07. The molecule has 0 N–H and O–H groups in total. The van der Waals surface area contributed by atoms with Crippen LogP contribution in [0.1, 0.15) is 11.1 Å². The van der Waals surface area contributed by atoms with Crippen molar-refractivity contribution >= 4 is 23.5 Å². The molecular weight excluding hydrogens is 270 g/mol. The van der Waals surface area contributed by atoms with Crippen LogP contribution in [0.2, 0.25) is 5.02 Å². The summed E-state index contributed by atoms with van der Waals surface area (Å²) in [7, 11) is 0. The molecule has 2 aromatic carbocycles. The normalized spacial score (nSPS) is 10.7. The Morgan fingerprint density at radius 2 is 2.05 bits per heavy atom. The minimum atomic E-state index is 0.494. The zero-order valence-corrected chi connectivity index (χ0v) is 12.1. The summed E-state index contributed by atoms with van der Waals surface area (Å²) in [5.41, 5.74) is 2.82. The molecule has 0 heterocycles. The van der Waals surface area contributed by atoms with Gasteiger partial charge in [-0.3, -0.25) is 4.99 Å². The van der Waals surface area contributed by atoms with Crippen LogP contribution in [-0.4, -0.2) is 12.8 Å². The number of hydrogen-bond acceptors (Lipinski definition) is 2. The van der Waals surface area contributed by atoms with Gasteiger partial charge in [-0.05, 0) is 42.3 Å². The van der Waals surface area contributed by atoms with Crippen LogP contribution >= 0.6 is 11.6 Å². The maximum Gasteiger partial charge on any atom is 0.120 e. The Balaban J connectivity index is 2.18.